The van der Waals surface area contributed by atoms with Crippen molar-refractivity contribution in [3.05, 3.63) is 29.8 Å². The highest BCUT2D eigenvalue weighted by Crippen LogP contribution is 2.20. The number of hydrogen-bond donors (Lipinski definition) is 2. The maximum absolute atomic E-state index is 11.4. The van der Waals surface area contributed by atoms with E-state index in [4.69, 9.17) is 4.74 Å². The van der Waals surface area contributed by atoms with Crippen LogP contribution < -0.4 is 15.4 Å². The summed E-state index contributed by atoms with van der Waals surface area (Å²) in [5, 5.41) is 4.73. The number of urea groups is 1. The van der Waals surface area contributed by atoms with Gasteiger partial charge in [0.1, 0.15) is 11.8 Å². The lowest BCUT2D eigenvalue weighted by molar-refractivity contribution is -0.120. The minimum Gasteiger partial charge on any atom is -0.491 e. The molecule has 5 heteroatoms. The Labute approximate surface area is 99.2 Å². The molecule has 0 unspecified atom stereocenters. The molecule has 0 aliphatic carbocycles. The molecule has 3 amide bonds. The number of carbonyl (C=O) groups is 2. The van der Waals surface area contributed by atoms with E-state index >= 15 is 0 Å². The Bertz CT molecular complexity index is 440. The Morgan fingerprint density at radius 1 is 1.18 bits per heavy atom. The van der Waals surface area contributed by atoms with Gasteiger partial charge in [-0.15, -0.1) is 0 Å². The molecule has 0 aromatic heterocycles. The molecule has 0 saturated carbocycles. The van der Waals surface area contributed by atoms with Crippen LogP contribution in [0.25, 0.3) is 0 Å². The van der Waals surface area contributed by atoms with Crippen molar-refractivity contribution in [3.63, 3.8) is 0 Å². The van der Waals surface area contributed by atoms with Gasteiger partial charge in [-0.3, -0.25) is 10.1 Å². The Morgan fingerprint density at radius 2 is 1.82 bits per heavy atom. The van der Waals surface area contributed by atoms with Crippen molar-refractivity contribution in [3.8, 4) is 5.75 Å². The Kier molecular flexibility index (Phi) is 2.99. The summed E-state index contributed by atoms with van der Waals surface area (Å²) in [6.07, 6.45) is 0.107. The first-order valence-corrected chi connectivity index (χ1v) is 5.44. The van der Waals surface area contributed by atoms with Gasteiger partial charge >= 0.3 is 6.03 Å². The maximum atomic E-state index is 11.4. The first-order valence-electron chi connectivity index (χ1n) is 5.44. The van der Waals surface area contributed by atoms with Crippen LogP contribution in [0.1, 0.15) is 25.5 Å². The molecular weight excluding hydrogens is 220 g/mol. The van der Waals surface area contributed by atoms with Gasteiger partial charge < -0.3 is 10.1 Å². The Morgan fingerprint density at radius 3 is 2.29 bits per heavy atom. The third kappa shape index (κ3) is 2.55. The number of nitrogens with one attached hydrogen (secondary N) is 2. The van der Waals surface area contributed by atoms with Crippen LogP contribution in [0.5, 0.6) is 5.75 Å². The number of ether oxygens (including phenoxy) is 1. The van der Waals surface area contributed by atoms with E-state index in [2.05, 4.69) is 10.6 Å². The van der Waals surface area contributed by atoms with Crippen molar-refractivity contribution in [2.45, 2.75) is 26.0 Å². The molecule has 0 bridgehead atoms. The van der Waals surface area contributed by atoms with Crippen molar-refractivity contribution < 1.29 is 14.3 Å². The average molecular weight is 234 g/mol. The lowest BCUT2D eigenvalue weighted by Gasteiger charge is -2.11. The quantitative estimate of drug-likeness (QED) is 0.776. The van der Waals surface area contributed by atoms with E-state index in [0.717, 1.165) is 11.3 Å². The molecule has 1 aromatic rings. The molecule has 2 rings (SSSR count). The second-order valence-corrected chi connectivity index (χ2v) is 4.13. The smallest absolute Gasteiger partial charge is 0.322 e. The molecule has 1 saturated heterocycles. The van der Waals surface area contributed by atoms with Crippen molar-refractivity contribution in [1.29, 1.82) is 0 Å². The monoisotopic (exact) mass is 234 g/mol. The zero-order valence-corrected chi connectivity index (χ0v) is 9.69. The summed E-state index contributed by atoms with van der Waals surface area (Å²) in [7, 11) is 0. The summed E-state index contributed by atoms with van der Waals surface area (Å²) < 4.78 is 5.49. The van der Waals surface area contributed by atoms with Gasteiger partial charge in [0, 0.05) is 0 Å². The third-order valence-electron chi connectivity index (χ3n) is 2.36. The fourth-order valence-electron chi connectivity index (χ4n) is 1.66. The predicted octanol–water partition coefficient (Wildman–Crippen LogP) is 1.35. The molecular formula is C12H14N2O3. The summed E-state index contributed by atoms with van der Waals surface area (Å²) in [6.45, 7) is 3.89. The number of rotatable bonds is 3. The van der Waals surface area contributed by atoms with Crippen LogP contribution in [-0.2, 0) is 4.79 Å². The zero-order valence-electron chi connectivity index (χ0n) is 9.69. The number of benzene rings is 1. The van der Waals surface area contributed by atoms with E-state index in [9.17, 15) is 9.59 Å². The van der Waals surface area contributed by atoms with Gasteiger partial charge in [-0.05, 0) is 31.5 Å². The van der Waals surface area contributed by atoms with E-state index < -0.39 is 12.1 Å². The Balaban J connectivity index is 2.13. The number of amides is 3. The van der Waals surface area contributed by atoms with Gasteiger partial charge in [-0.2, -0.15) is 0 Å². The highest BCUT2D eigenvalue weighted by Gasteiger charge is 2.30. The highest BCUT2D eigenvalue weighted by atomic mass is 16.5. The number of hydrogen-bond acceptors (Lipinski definition) is 3. The van der Waals surface area contributed by atoms with Crippen molar-refractivity contribution in [2.75, 3.05) is 0 Å². The molecule has 1 heterocycles. The summed E-state index contributed by atoms with van der Waals surface area (Å²) in [4.78, 5) is 22.4. The Hall–Kier alpha value is -2.04. The van der Waals surface area contributed by atoms with E-state index in [-0.39, 0.29) is 12.0 Å². The van der Waals surface area contributed by atoms with Crippen molar-refractivity contribution in [2.24, 2.45) is 0 Å². The molecule has 5 nitrogen and oxygen atoms in total. The maximum Gasteiger partial charge on any atom is 0.322 e. The second kappa shape index (κ2) is 4.45. The van der Waals surface area contributed by atoms with Crippen LogP contribution >= 0.6 is 0 Å². The minimum absolute atomic E-state index is 0.107. The minimum atomic E-state index is -0.601. The molecule has 1 aromatic carbocycles. The van der Waals surface area contributed by atoms with Crippen LogP contribution in [0.3, 0.4) is 0 Å². The summed E-state index contributed by atoms with van der Waals surface area (Å²) >= 11 is 0. The largest absolute Gasteiger partial charge is 0.491 e. The second-order valence-electron chi connectivity index (χ2n) is 4.13. The van der Waals surface area contributed by atoms with E-state index in [1.54, 1.807) is 24.3 Å². The van der Waals surface area contributed by atoms with Crippen LogP contribution in [0.4, 0.5) is 4.79 Å². The van der Waals surface area contributed by atoms with E-state index in [1.807, 2.05) is 13.8 Å². The molecule has 2 N–H and O–H groups in total. The zero-order chi connectivity index (χ0) is 12.4. The first kappa shape index (κ1) is 11.4. The molecule has 1 aliphatic heterocycles. The first-order chi connectivity index (χ1) is 8.06. The topological polar surface area (TPSA) is 67.4 Å². The van der Waals surface area contributed by atoms with Crippen LogP contribution in [0.15, 0.2) is 24.3 Å². The standard InChI is InChI=1S/C12H14N2O3/c1-7(2)17-9-5-3-8(4-6-9)10-11(15)14-12(16)13-10/h3-7,10H,1-2H3,(H2,13,14,15,16)/t10-/m0/s1. The lowest BCUT2D eigenvalue weighted by atomic mass is 10.1. The van der Waals surface area contributed by atoms with E-state index in [1.165, 1.54) is 0 Å². The fourth-order valence-corrected chi connectivity index (χ4v) is 1.66. The molecule has 1 aliphatic rings. The summed E-state index contributed by atoms with van der Waals surface area (Å²) in [5.41, 5.74) is 0.740. The number of imide groups is 1. The normalized spacial score (nSPS) is 19.1. The SMILES string of the molecule is CC(C)Oc1ccc([C@@H]2NC(=O)NC2=O)cc1. The number of carbonyl (C=O) groups excluding carboxylic acids is 2. The summed E-state index contributed by atoms with van der Waals surface area (Å²) in [5.74, 6) is 0.418. The molecule has 17 heavy (non-hydrogen) atoms. The van der Waals surface area contributed by atoms with Gasteiger partial charge in [-0.25, -0.2) is 4.79 Å². The van der Waals surface area contributed by atoms with Gasteiger partial charge in [0.25, 0.3) is 5.91 Å². The van der Waals surface area contributed by atoms with E-state index in [0.29, 0.717) is 0 Å². The third-order valence-corrected chi connectivity index (χ3v) is 2.36. The van der Waals surface area contributed by atoms with Gasteiger partial charge in [0.05, 0.1) is 6.10 Å². The summed E-state index contributed by atoms with van der Waals surface area (Å²) in [6, 6.07) is 6.06. The molecule has 1 atom stereocenters. The molecule has 1 fully saturated rings. The molecule has 0 spiro atoms. The lowest BCUT2D eigenvalue weighted by Crippen LogP contribution is -2.22. The van der Waals surface area contributed by atoms with Crippen LogP contribution in [0, 0.1) is 0 Å². The average Bonchev–Trinajstić information content (AvgIpc) is 2.58. The van der Waals surface area contributed by atoms with Crippen LogP contribution in [0.2, 0.25) is 0 Å². The highest BCUT2D eigenvalue weighted by molar-refractivity contribution is 6.04. The van der Waals surface area contributed by atoms with Crippen LogP contribution in [-0.4, -0.2) is 18.0 Å². The fraction of sp³-hybridized carbons (Fsp3) is 0.333. The van der Waals surface area contributed by atoms with Gasteiger partial charge in [0.15, 0.2) is 0 Å². The molecule has 90 valence electrons. The predicted molar refractivity (Wildman–Crippen MR) is 61.6 cm³/mol. The van der Waals surface area contributed by atoms with Crippen molar-refractivity contribution >= 4 is 11.9 Å². The van der Waals surface area contributed by atoms with Gasteiger partial charge in [0.2, 0.25) is 0 Å². The van der Waals surface area contributed by atoms with Crippen molar-refractivity contribution in [1.82, 2.24) is 10.6 Å². The van der Waals surface area contributed by atoms with Gasteiger partial charge in [-0.1, -0.05) is 12.1 Å². The molecule has 0 radical (unpaired) electrons.